The van der Waals surface area contributed by atoms with Gasteiger partial charge in [-0.3, -0.25) is 0 Å². The zero-order chi connectivity index (χ0) is 17.3. The lowest BCUT2D eigenvalue weighted by Gasteiger charge is -1.96. The van der Waals surface area contributed by atoms with E-state index in [0.29, 0.717) is 0 Å². The molecule has 0 saturated carbocycles. The standard InChI is InChI=1S/C12H9N.C12H9P/c2*1-2-4-11-9(3-1)7-10-5-6-13-8-12(10)11/h2*1-8,13H. The molecule has 2 aromatic rings. The lowest BCUT2D eigenvalue weighted by molar-refractivity contribution is 1.34. The number of aromatic nitrogens is 1. The Bertz CT molecular complexity index is 1140. The zero-order valence-electron chi connectivity index (χ0n) is 14.2. The molecule has 0 spiro atoms. The smallest absolute Gasteiger partial charge is 0.00899 e. The van der Waals surface area contributed by atoms with Gasteiger partial charge in [0.25, 0.3) is 0 Å². The average Bonchev–Trinajstić information content (AvgIpc) is 3.27. The zero-order valence-corrected chi connectivity index (χ0v) is 15.2. The summed E-state index contributed by atoms with van der Waals surface area (Å²) >= 11 is 0. The van der Waals surface area contributed by atoms with Crippen molar-refractivity contribution < 1.29 is 0 Å². The highest BCUT2D eigenvalue weighted by Gasteiger charge is 2.07. The maximum Gasteiger partial charge on any atom is 0.00899 e. The van der Waals surface area contributed by atoms with Crippen molar-refractivity contribution in [2.24, 2.45) is 0 Å². The lowest BCUT2D eigenvalue weighted by Crippen LogP contribution is -1.74. The molecule has 6 rings (SSSR count). The van der Waals surface area contributed by atoms with Gasteiger partial charge in [0.1, 0.15) is 0 Å². The van der Waals surface area contributed by atoms with Crippen LogP contribution in [0.25, 0.3) is 43.8 Å². The summed E-state index contributed by atoms with van der Waals surface area (Å²) in [5.74, 6) is 4.57. The van der Waals surface area contributed by atoms with E-state index in [1.165, 1.54) is 43.8 Å². The minimum absolute atomic E-state index is 0.843. The van der Waals surface area contributed by atoms with E-state index in [2.05, 4.69) is 95.6 Å². The molecule has 0 saturated heterocycles. The molecule has 0 fully saturated rings. The van der Waals surface area contributed by atoms with Crippen molar-refractivity contribution in [1.29, 1.82) is 0 Å². The third-order valence-corrected chi connectivity index (χ3v) is 5.73. The first-order valence-electron chi connectivity index (χ1n) is 8.79. The number of rotatable bonds is 0. The summed E-state index contributed by atoms with van der Waals surface area (Å²) in [6.07, 6.45) is 4.01. The fourth-order valence-electron chi connectivity index (χ4n) is 3.67. The first-order chi connectivity index (χ1) is 12.9. The predicted octanol–water partition coefficient (Wildman–Crippen LogP) is 7.25. The summed E-state index contributed by atoms with van der Waals surface area (Å²) in [6, 6.07) is 25.9. The number of aromatic amines is 1. The highest BCUT2D eigenvalue weighted by molar-refractivity contribution is 7.28. The minimum atomic E-state index is 0.843. The Hall–Kier alpha value is -3.02. The molecule has 2 aromatic carbocycles. The van der Waals surface area contributed by atoms with Gasteiger partial charge in [-0.25, -0.2) is 0 Å². The Balaban J connectivity index is 0.000000115. The van der Waals surface area contributed by atoms with Gasteiger partial charge in [-0.1, -0.05) is 54.6 Å². The fraction of sp³-hybridized carbons (Fsp3) is 0. The van der Waals surface area contributed by atoms with Gasteiger partial charge in [0.2, 0.25) is 0 Å². The molecular formula is C24H18NP. The maximum absolute atomic E-state index is 3.11. The molecule has 2 aliphatic heterocycles. The van der Waals surface area contributed by atoms with E-state index in [4.69, 9.17) is 0 Å². The van der Waals surface area contributed by atoms with Crippen LogP contribution in [-0.2, 0) is 0 Å². The van der Waals surface area contributed by atoms with E-state index >= 15 is 0 Å². The first-order valence-corrected chi connectivity index (χ1v) is 9.94. The molecule has 124 valence electrons. The minimum Gasteiger partial charge on any atom is -0.367 e. The van der Waals surface area contributed by atoms with Crippen LogP contribution in [0.3, 0.4) is 0 Å². The van der Waals surface area contributed by atoms with E-state index in [0.717, 1.165) is 8.19 Å². The number of hydrogen-bond acceptors (Lipinski definition) is 0. The van der Waals surface area contributed by atoms with Crippen molar-refractivity contribution in [2.75, 3.05) is 0 Å². The van der Waals surface area contributed by atoms with Crippen LogP contribution in [0.1, 0.15) is 0 Å². The summed E-state index contributed by atoms with van der Waals surface area (Å²) in [7, 11) is 0.843. The normalized spacial score (nSPS) is 11.4. The second-order valence-electron chi connectivity index (χ2n) is 6.49. The van der Waals surface area contributed by atoms with Crippen LogP contribution < -0.4 is 0 Å². The lowest BCUT2D eigenvalue weighted by atomic mass is 10.1. The van der Waals surface area contributed by atoms with E-state index < -0.39 is 0 Å². The highest BCUT2D eigenvalue weighted by atomic mass is 31.0. The van der Waals surface area contributed by atoms with Gasteiger partial charge in [-0.05, 0) is 68.0 Å². The van der Waals surface area contributed by atoms with Gasteiger partial charge in [-0.2, -0.15) is 0 Å². The number of pyridine rings is 1. The number of hydrogen-bond donors (Lipinski definition) is 1. The van der Waals surface area contributed by atoms with Gasteiger partial charge in [-0.15, -0.1) is 8.19 Å². The SMILES string of the molecule is c1ccc2c3c[nH]ccc-3cc2c1.c1ccc2c3c[pH]ccc-3cc2c1. The summed E-state index contributed by atoms with van der Waals surface area (Å²) in [4.78, 5) is 3.11. The second kappa shape index (κ2) is 6.37. The third kappa shape index (κ3) is 2.58. The predicted molar refractivity (Wildman–Crippen MR) is 115 cm³/mol. The Labute approximate surface area is 154 Å². The van der Waals surface area contributed by atoms with Crippen molar-refractivity contribution in [2.45, 2.75) is 0 Å². The van der Waals surface area contributed by atoms with Gasteiger partial charge in [0.15, 0.2) is 0 Å². The highest BCUT2D eigenvalue weighted by Crippen LogP contribution is 2.35. The van der Waals surface area contributed by atoms with Crippen molar-refractivity contribution >= 4 is 29.7 Å². The quantitative estimate of drug-likeness (QED) is 0.297. The molecule has 2 heterocycles. The van der Waals surface area contributed by atoms with Crippen LogP contribution in [0.2, 0.25) is 0 Å². The summed E-state index contributed by atoms with van der Waals surface area (Å²) in [5.41, 5.74) is 5.41. The molecule has 26 heavy (non-hydrogen) atoms. The van der Waals surface area contributed by atoms with Crippen molar-refractivity contribution in [1.82, 2.24) is 4.98 Å². The molecule has 4 aliphatic rings. The van der Waals surface area contributed by atoms with Gasteiger partial charge in [0, 0.05) is 18.0 Å². The van der Waals surface area contributed by atoms with Crippen molar-refractivity contribution in [3.8, 4) is 22.3 Å². The molecule has 0 amide bonds. The molecule has 2 aliphatic carbocycles. The third-order valence-electron chi connectivity index (χ3n) is 4.92. The van der Waals surface area contributed by atoms with Gasteiger partial charge in [0.05, 0.1) is 0 Å². The van der Waals surface area contributed by atoms with Crippen molar-refractivity contribution in [3.05, 3.63) is 96.8 Å². The summed E-state index contributed by atoms with van der Waals surface area (Å²) in [5, 5.41) is 5.40. The fourth-order valence-corrected chi connectivity index (χ4v) is 4.54. The topological polar surface area (TPSA) is 15.8 Å². The second-order valence-corrected chi connectivity index (χ2v) is 7.45. The molecule has 1 N–H and O–H groups in total. The number of nitrogens with one attached hydrogen (secondary N) is 1. The largest absolute Gasteiger partial charge is 0.367 e. The number of H-pyrrole nitrogens is 1. The van der Waals surface area contributed by atoms with Crippen molar-refractivity contribution in [3.63, 3.8) is 0 Å². The van der Waals surface area contributed by atoms with E-state index in [1.807, 2.05) is 6.20 Å². The molecule has 1 unspecified atom stereocenters. The Kier molecular flexibility index (Phi) is 3.74. The van der Waals surface area contributed by atoms with Crippen LogP contribution >= 0.6 is 8.19 Å². The molecule has 0 aromatic heterocycles. The summed E-state index contributed by atoms with van der Waals surface area (Å²) in [6.45, 7) is 0. The molecule has 0 bridgehead atoms. The molecule has 1 atom stereocenters. The van der Waals surface area contributed by atoms with Crippen LogP contribution in [0, 0.1) is 0 Å². The van der Waals surface area contributed by atoms with Crippen LogP contribution in [0.5, 0.6) is 0 Å². The summed E-state index contributed by atoms with van der Waals surface area (Å²) < 4.78 is 0. The molecule has 1 nitrogen and oxygen atoms in total. The van der Waals surface area contributed by atoms with Gasteiger partial charge >= 0.3 is 0 Å². The van der Waals surface area contributed by atoms with Crippen LogP contribution in [0.4, 0.5) is 0 Å². The molecule has 2 heteroatoms. The Morgan fingerprint density at radius 3 is 2.08 bits per heavy atom. The maximum atomic E-state index is 3.11. The Morgan fingerprint density at radius 2 is 1.31 bits per heavy atom. The van der Waals surface area contributed by atoms with E-state index in [-0.39, 0.29) is 0 Å². The number of fused-ring (bicyclic) bond motifs is 6. The van der Waals surface area contributed by atoms with Crippen LogP contribution in [0.15, 0.2) is 96.8 Å². The van der Waals surface area contributed by atoms with Crippen LogP contribution in [-0.4, -0.2) is 4.98 Å². The Morgan fingerprint density at radius 1 is 0.654 bits per heavy atom. The number of benzene rings is 2. The molecular weight excluding hydrogens is 333 g/mol. The first kappa shape index (κ1) is 15.3. The molecule has 0 radical (unpaired) electrons. The van der Waals surface area contributed by atoms with E-state index in [9.17, 15) is 0 Å². The monoisotopic (exact) mass is 351 g/mol. The average molecular weight is 351 g/mol. The van der Waals surface area contributed by atoms with E-state index in [1.54, 1.807) is 0 Å². The van der Waals surface area contributed by atoms with Gasteiger partial charge < -0.3 is 4.98 Å².